The molecule has 0 aliphatic heterocycles. The van der Waals surface area contributed by atoms with Crippen LogP contribution in [0.4, 0.5) is 4.39 Å². The number of aromatic nitrogens is 2. The summed E-state index contributed by atoms with van der Waals surface area (Å²) in [6, 6.07) is 6.26. The quantitative estimate of drug-likeness (QED) is 0.829. The molecule has 80 valence electrons. The number of thioether (sulfide) groups is 1. The Kier molecular flexibility index (Phi) is 3.22. The number of halogens is 1. The Morgan fingerprint density at radius 3 is 3.00 bits per heavy atom. The monoisotopic (exact) mass is 233 g/mol. The first-order chi connectivity index (χ1) is 7.78. The molecule has 2 rings (SSSR count). The lowest BCUT2D eigenvalue weighted by Crippen LogP contribution is -1.87. The maximum Gasteiger partial charge on any atom is 0.165 e. The van der Waals surface area contributed by atoms with Crippen LogP contribution in [0.2, 0.25) is 0 Å². The van der Waals surface area contributed by atoms with Crippen molar-refractivity contribution in [3.8, 4) is 6.07 Å². The standard InChI is InChI=1S/C11H8FN3S/c12-10-4-8(6-13)3-9(5-10)7-16-11-14-1-2-15-11/h1-5H,7H2,(H,14,15). The molecule has 0 saturated carbocycles. The van der Waals surface area contributed by atoms with Crippen LogP contribution in [0.5, 0.6) is 0 Å². The van der Waals surface area contributed by atoms with Crippen LogP contribution in [0.1, 0.15) is 11.1 Å². The van der Waals surface area contributed by atoms with Gasteiger partial charge in [0, 0.05) is 18.1 Å². The number of rotatable bonds is 3. The van der Waals surface area contributed by atoms with Crippen LogP contribution in [-0.2, 0) is 5.75 Å². The molecule has 16 heavy (non-hydrogen) atoms. The summed E-state index contributed by atoms with van der Waals surface area (Å²) in [5.74, 6) is 0.203. The Morgan fingerprint density at radius 1 is 1.44 bits per heavy atom. The van der Waals surface area contributed by atoms with Crippen LogP contribution in [0.3, 0.4) is 0 Å². The van der Waals surface area contributed by atoms with Gasteiger partial charge in [0.05, 0.1) is 11.6 Å². The summed E-state index contributed by atoms with van der Waals surface area (Å²) in [5, 5.41) is 9.48. The maximum atomic E-state index is 13.1. The highest BCUT2D eigenvalue weighted by Crippen LogP contribution is 2.20. The van der Waals surface area contributed by atoms with Crippen LogP contribution in [0.25, 0.3) is 0 Å². The fourth-order valence-electron chi connectivity index (χ4n) is 1.28. The summed E-state index contributed by atoms with van der Waals surface area (Å²) in [7, 11) is 0. The van der Waals surface area contributed by atoms with Gasteiger partial charge in [-0.15, -0.1) is 0 Å². The molecule has 0 radical (unpaired) electrons. The van der Waals surface area contributed by atoms with Crippen molar-refractivity contribution in [2.24, 2.45) is 0 Å². The molecule has 5 heteroatoms. The first kappa shape index (κ1) is 10.7. The summed E-state index contributed by atoms with van der Waals surface area (Å²) in [6.07, 6.45) is 3.39. The third kappa shape index (κ3) is 2.61. The van der Waals surface area contributed by atoms with Crippen molar-refractivity contribution in [2.45, 2.75) is 10.9 Å². The summed E-state index contributed by atoms with van der Waals surface area (Å²) in [4.78, 5) is 6.99. The van der Waals surface area contributed by atoms with E-state index in [-0.39, 0.29) is 5.82 Å². The van der Waals surface area contributed by atoms with Crippen molar-refractivity contribution in [3.63, 3.8) is 0 Å². The van der Waals surface area contributed by atoms with Gasteiger partial charge in [-0.3, -0.25) is 0 Å². The highest BCUT2D eigenvalue weighted by Gasteiger charge is 2.02. The van der Waals surface area contributed by atoms with E-state index in [0.29, 0.717) is 11.3 Å². The largest absolute Gasteiger partial charge is 0.340 e. The number of hydrogen-bond donors (Lipinski definition) is 1. The van der Waals surface area contributed by atoms with Crippen LogP contribution >= 0.6 is 11.8 Å². The van der Waals surface area contributed by atoms with Crippen molar-refractivity contribution in [1.29, 1.82) is 5.26 Å². The minimum absolute atomic E-state index is 0.343. The van der Waals surface area contributed by atoms with Gasteiger partial charge in [-0.1, -0.05) is 11.8 Å². The summed E-state index contributed by atoms with van der Waals surface area (Å²) in [5.41, 5.74) is 1.12. The lowest BCUT2D eigenvalue weighted by atomic mass is 10.1. The maximum absolute atomic E-state index is 13.1. The predicted molar refractivity (Wildman–Crippen MR) is 59.3 cm³/mol. The third-order valence-electron chi connectivity index (χ3n) is 1.94. The van der Waals surface area contributed by atoms with Gasteiger partial charge < -0.3 is 4.98 Å². The van der Waals surface area contributed by atoms with Gasteiger partial charge in [-0.25, -0.2) is 9.37 Å². The smallest absolute Gasteiger partial charge is 0.165 e. The van der Waals surface area contributed by atoms with E-state index in [1.54, 1.807) is 18.5 Å². The summed E-state index contributed by atoms with van der Waals surface area (Å²) < 4.78 is 13.1. The van der Waals surface area contributed by atoms with E-state index in [4.69, 9.17) is 5.26 Å². The molecule has 1 heterocycles. The average Bonchev–Trinajstić information content (AvgIpc) is 2.78. The molecule has 0 saturated heterocycles. The number of nitrogens with zero attached hydrogens (tertiary/aromatic N) is 2. The molecule has 1 N–H and O–H groups in total. The average molecular weight is 233 g/mol. The molecule has 2 aromatic rings. The fourth-order valence-corrected chi connectivity index (χ4v) is 2.04. The zero-order valence-electron chi connectivity index (χ0n) is 8.27. The van der Waals surface area contributed by atoms with Gasteiger partial charge in [-0.2, -0.15) is 5.26 Å². The zero-order valence-corrected chi connectivity index (χ0v) is 9.09. The lowest BCUT2D eigenvalue weighted by molar-refractivity contribution is 0.626. The molecule has 0 bridgehead atoms. The molecular weight excluding hydrogens is 225 g/mol. The Hall–Kier alpha value is -1.80. The molecule has 1 aromatic heterocycles. The first-order valence-electron chi connectivity index (χ1n) is 4.59. The van der Waals surface area contributed by atoms with Crippen molar-refractivity contribution in [3.05, 3.63) is 47.5 Å². The number of nitrogens with one attached hydrogen (secondary N) is 1. The number of H-pyrrole nitrogens is 1. The molecule has 1 aromatic carbocycles. The van der Waals surface area contributed by atoms with Crippen molar-refractivity contribution < 1.29 is 4.39 Å². The Morgan fingerprint density at radius 2 is 2.31 bits per heavy atom. The first-order valence-corrected chi connectivity index (χ1v) is 5.58. The topological polar surface area (TPSA) is 52.5 Å². The normalized spacial score (nSPS) is 10.0. The number of benzene rings is 1. The van der Waals surface area contributed by atoms with Crippen molar-refractivity contribution in [1.82, 2.24) is 9.97 Å². The van der Waals surface area contributed by atoms with Crippen LogP contribution in [0.15, 0.2) is 35.7 Å². The number of aromatic amines is 1. The van der Waals surface area contributed by atoms with E-state index in [1.807, 2.05) is 6.07 Å². The molecule has 0 spiro atoms. The van der Waals surface area contributed by atoms with E-state index in [9.17, 15) is 4.39 Å². The van der Waals surface area contributed by atoms with E-state index in [1.165, 1.54) is 23.9 Å². The fraction of sp³-hybridized carbons (Fsp3) is 0.0909. The highest BCUT2D eigenvalue weighted by molar-refractivity contribution is 7.98. The molecule has 0 unspecified atom stereocenters. The molecule has 0 amide bonds. The summed E-state index contributed by atoms with van der Waals surface area (Å²) >= 11 is 1.47. The van der Waals surface area contributed by atoms with Gasteiger partial charge >= 0.3 is 0 Å². The Balaban J connectivity index is 2.10. The van der Waals surface area contributed by atoms with Gasteiger partial charge in [0.25, 0.3) is 0 Å². The number of hydrogen-bond acceptors (Lipinski definition) is 3. The van der Waals surface area contributed by atoms with E-state index >= 15 is 0 Å². The second-order valence-corrected chi connectivity index (χ2v) is 4.11. The predicted octanol–water partition coefficient (Wildman–Crippen LogP) is 2.71. The molecule has 0 atom stereocenters. The van der Waals surface area contributed by atoms with Crippen molar-refractivity contribution >= 4 is 11.8 Å². The third-order valence-corrected chi connectivity index (χ3v) is 2.91. The van der Waals surface area contributed by atoms with Gasteiger partial charge in [0.1, 0.15) is 5.82 Å². The van der Waals surface area contributed by atoms with E-state index in [2.05, 4.69) is 9.97 Å². The molecule has 0 aliphatic carbocycles. The van der Waals surface area contributed by atoms with Crippen LogP contribution in [-0.4, -0.2) is 9.97 Å². The van der Waals surface area contributed by atoms with Gasteiger partial charge in [0.15, 0.2) is 5.16 Å². The van der Waals surface area contributed by atoms with E-state index < -0.39 is 0 Å². The Bertz CT molecular complexity index is 517. The van der Waals surface area contributed by atoms with Crippen molar-refractivity contribution in [2.75, 3.05) is 0 Å². The van der Waals surface area contributed by atoms with E-state index in [0.717, 1.165) is 10.7 Å². The summed E-state index contributed by atoms with van der Waals surface area (Å²) in [6.45, 7) is 0. The minimum atomic E-state index is -0.380. The van der Waals surface area contributed by atoms with Gasteiger partial charge in [-0.05, 0) is 23.8 Å². The molecular formula is C11H8FN3S. The van der Waals surface area contributed by atoms with Gasteiger partial charge in [0.2, 0.25) is 0 Å². The second-order valence-electron chi connectivity index (χ2n) is 3.14. The highest BCUT2D eigenvalue weighted by atomic mass is 32.2. The minimum Gasteiger partial charge on any atom is -0.340 e. The SMILES string of the molecule is N#Cc1cc(F)cc(CSc2ncc[nH]2)c1. The molecule has 0 aliphatic rings. The van der Waals surface area contributed by atoms with Crippen LogP contribution in [0, 0.1) is 17.1 Å². The number of imidazole rings is 1. The lowest BCUT2D eigenvalue weighted by Gasteiger charge is -2.00. The zero-order chi connectivity index (χ0) is 11.4. The second kappa shape index (κ2) is 4.81. The Labute approximate surface area is 96.3 Å². The number of nitriles is 1. The molecule has 0 fully saturated rings. The van der Waals surface area contributed by atoms with Crippen LogP contribution < -0.4 is 0 Å². The molecule has 3 nitrogen and oxygen atoms in total.